The molecular formula is C25H25ClN6O2. The van der Waals surface area contributed by atoms with Gasteiger partial charge in [-0.1, -0.05) is 11.6 Å². The van der Waals surface area contributed by atoms with Crippen LogP contribution in [0.2, 0.25) is 5.02 Å². The number of nitrogens with one attached hydrogen (secondary N) is 1. The van der Waals surface area contributed by atoms with Crippen LogP contribution in [0, 0.1) is 0 Å². The van der Waals surface area contributed by atoms with E-state index in [0.717, 1.165) is 48.6 Å². The highest BCUT2D eigenvalue weighted by atomic mass is 35.5. The van der Waals surface area contributed by atoms with Gasteiger partial charge in [-0.15, -0.1) is 0 Å². The van der Waals surface area contributed by atoms with Crippen LogP contribution >= 0.6 is 11.6 Å². The van der Waals surface area contributed by atoms with Gasteiger partial charge in [-0.3, -0.25) is 4.98 Å². The van der Waals surface area contributed by atoms with Crippen LogP contribution in [0.3, 0.4) is 0 Å². The van der Waals surface area contributed by atoms with Crippen LogP contribution in [-0.4, -0.2) is 55.4 Å². The summed E-state index contributed by atoms with van der Waals surface area (Å²) in [6.07, 6.45) is 3.62. The number of hydrogen-bond donors (Lipinski definition) is 1. The molecule has 8 nitrogen and oxygen atoms in total. The lowest BCUT2D eigenvalue weighted by molar-refractivity contribution is 0.395. The first kappa shape index (κ1) is 22.0. The second-order valence-corrected chi connectivity index (χ2v) is 8.37. The van der Waals surface area contributed by atoms with Gasteiger partial charge in [0.2, 0.25) is 5.95 Å². The van der Waals surface area contributed by atoms with Crippen molar-refractivity contribution in [3.8, 4) is 11.5 Å². The van der Waals surface area contributed by atoms with Crippen LogP contribution in [0.25, 0.3) is 10.9 Å². The smallest absolute Gasteiger partial charge is 0.229 e. The fourth-order valence-corrected chi connectivity index (χ4v) is 4.32. The molecule has 1 fully saturated rings. The van der Waals surface area contributed by atoms with Gasteiger partial charge in [0.05, 0.1) is 19.7 Å². The number of pyridine rings is 1. The van der Waals surface area contributed by atoms with Crippen LogP contribution in [-0.2, 0) is 0 Å². The molecule has 0 atom stereocenters. The summed E-state index contributed by atoms with van der Waals surface area (Å²) in [5, 5.41) is 5.07. The second-order valence-electron chi connectivity index (χ2n) is 7.93. The topological polar surface area (TPSA) is 75.6 Å². The van der Waals surface area contributed by atoms with E-state index in [9.17, 15) is 0 Å². The molecule has 0 saturated carbocycles. The van der Waals surface area contributed by atoms with Gasteiger partial charge in [-0.25, -0.2) is 4.98 Å². The van der Waals surface area contributed by atoms with E-state index in [1.165, 1.54) is 5.69 Å². The van der Waals surface area contributed by atoms with E-state index in [2.05, 4.69) is 31.2 Å². The van der Waals surface area contributed by atoms with Gasteiger partial charge < -0.3 is 24.6 Å². The summed E-state index contributed by atoms with van der Waals surface area (Å²) >= 11 is 6.15. The SMILES string of the molecule is COc1cc(Nc2nccc(N3CCN(c4ccnc5cc(Cl)ccc45)CC3)n2)cc(OC)c1. The molecule has 5 rings (SSSR count). The molecule has 2 aromatic carbocycles. The minimum Gasteiger partial charge on any atom is -0.497 e. The molecule has 4 aromatic rings. The molecule has 1 saturated heterocycles. The molecule has 0 spiro atoms. The highest BCUT2D eigenvalue weighted by molar-refractivity contribution is 6.31. The summed E-state index contributed by atoms with van der Waals surface area (Å²) in [6.45, 7) is 3.45. The van der Waals surface area contributed by atoms with Gasteiger partial charge in [0.15, 0.2) is 0 Å². The molecule has 1 N–H and O–H groups in total. The average molecular weight is 477 g/mol. The highest BCUT2D eigenvalue weighted by Crippen LogP contribution is 2.30. The number of benzene rings is 2. The Morgan fingerprint density at radius 1 is 0.824 bits per heavy atom. The number of nitrogens with zero attached hydrogens (tertiary/aromatic N) is 5. The lowest BCUT2D eigenvalue weighted by Crippen LogP contribution is -2.47. The van der Waals surface area contributed by atoms with E-state index in [1.54, 1.807) is 20.4 Å². The van der Waals surface area contributed by atoms with Crippen LogP contribution in [0.1, 0.15) is 0 Å². The third-order valence-corrected chi connectivity index (χ3v) is 6.11. The van der Waals surface area contributed by atoms with Crippen LogP contribution in [0.15, 0.2) is 60.9 Å². The van der Waals surface area contributed by atoms with E-state index in [0.29, 0.717) is 22.5 Å². The fourth-order valence-electron chi connectivity index (χ4n) is 4.15. The molecule has 1 aliphatic heterocycles. The Labute approximate surface area is 203 Å². The van der Waals surface area contributed by atoms with Gasteiger partial charge in [0, 0.05) is 78.6 Å². The van der Waals surface area contributed by atoms with Crippen molar-refractivity contribution in [2.75, 3.05) is 55.5 Å². The van der Waals surface area contributed by atoms with Gasteiger partial charge in [-0.2, -0.15) is 4.98 Å². The minimum atomic E-state index is 0.521. The van der Waals surface area contributed by atoms with Crippen LogP contribution in [0.5, 0.6) is 11.5 Å². The van der Waals surface area contributed by atoms with E-state index in [-0.39, 0.29) is 0 Å². The molecular weight excluding hydrogens is 452 g/mol. The van der Waals surface area contributed by atoms with Crippen LogP contribution < -0.4 is 24.6 Å². The number of ether oxygens (including phenoxy) is 2. The van der Waals surface area contributed by atoms with Crippen molar-refractivity contribution in [3.63, 3.8) is 0 Å². The van der Waals surface area contributed by atoms with Crippen molar-refractivity contribution in [1.29, 1.82) is 0 Å². The predicted octanol–water partition coefficient (Wildman–Crippen LogP) is 4.77. The number of fused-ring (bicyclic) bond motifs is 1. The summed E-state index contributed by atoms with van der Waals surface area (Å²) < 4.78 is 10.7. The first-order chi connectivity index (χ1) is 16.6. The lowest BCUT2D eigenvalue weighted by Gasteiger charge is -2.37. The monoisotopic (exact) mass is 476 g/mol. The first-order valence-electron chi connectivity index (χ1n) is 11.0. The highest BCUT2D eigenvalue weighted by Gasteiger charge is 2.20. The Bertz CT molecular complexity index is 1290. The summed E-state index contributed by atoms with van der Waals surface area (Å²) in [5.74, 6) is 2.80. The Kier molecular flexibility index (Phi) is 6.22. The van der Waals surface area contributed by atoms with Gasteiger partial charge >= 0.3 is 0 Å². The van der Waals surface area contributed by atoms with Crippen molar-refractivity contribution in [1.82, 2.24) is 15.0 Å². The number of anilines is 4. The Hall–Kier alpha value is -3.78. The largest absolute Gasteiger partial charge is 0.497 e. The zero-order valence-electron chi connectivity index (χ0n) is 19.0. The molecule has 9 heteroatoms. The maximum atomic E-state index is 6.15. The van der Waals surface area contributed by atoms with E-state index in [1.807, 2.05) is 48.7 Å². The second kappa shape index (κ2) is 9.61. The maximum absolute atomic E-state index is 6.15. The average Bonchev–Trinajstić information content (AvgIpc) is 2.88. The molecule has 0 bridgehead atoms. The van der Waals surface area contributed by atoms with Crippen molar-refractivity contribution in [2.45, 2.75) is 0 Å². The zero-order chi connectivity index (χ0) is 23.5. The molecule has 0 aliphatic carbocycles. The van der Waals surface area contributed by atoms with Gasteiger partial charge in [0.1, 0.15) is 17.3 Å². The summed E-state index contributed by atoms with van der Waals surface area (Å²) in [5.41, 5.74) is 2.88. The summed E-state index contributed by atoms with van der Waals surface area (Å²) in [6, 6.07) is 15.5. The third-order valence-electron chi connectivity index (χ3n) is 5.87. The standard InChI is InChI=1S/C25H25ClN6O2/c1-33-19-14-18(15-20(16-19)34-2)29-25-28-8-6-24(30-25)32-11-9-31(10-12-32)23-5-7-27-22-13-17(26)3-4-21(22)23/h3-8,13-16H,9-12H2,1-2H3,(H,28,29,30). The van der Waals surface area contributed by atoms with Gasteiger partial charge in [0.25, 0.3) is 0 Å². The molecule has 34 heavy (non-hydrogen) atoms. The lowest BCUT2D eigenvalue weighted by atomic mass is 10.1. The third kappa shape index (κ3) is 4.63. The molecule has 0 radical (unpaired) electrons. The summed E-state index contributed by atoms with van der Waals surface area (Å²) in [4.78, 5) is 18.2. The molecule has 1 aliphatic rings. The Morgan fingerprint density at radius 3 is 2.26 bits per heavy atom. The molecule has 3 heterocycles. The number of methoxy groups -OCH3 is 2. The summed E-state index contributed by atoms with van der Waals surface area (Å²) in [7, 11) is 3.25. The minimum absolute atomic E-state index is 0.521. The zero-order valence-corrected chi connectivity index (χ0v) is 19.8. The number of rotatable bonds is 6. The van der Waals surface area contributed by atoms with Crippen molar-refractivity contribution >= 4 is 45.6 Å². The normalized spacial score (nSPS) is 13.7. The molecule has 174 valence electrons. The van der Waals surface area contributed by atoms with Crippen LogP contribution in [0.4, 0.5) is 23.1 Å². The Balaban J connectivity index is 1.30. The van der Waals surface area contributed by atoms with Crippen molar-refractivity contribution < 1.29 is 9.47 Å². The number of piperazine rings is 1. The van der Waals surface area contributed by atoms with E-state index < -0.39 is 0 Å². The number of aromatic nitrogens is 3. The fraction of sp³-hybridized carbons (Fsp3) is 0.240. The number of hydrogen-bond acceptors (Lipinski definition) is 8. The molecule has 2 aromatic heterocycles. The van der Waals surface area contributed by atoms with E-state index in [4.69, 9.17) is 26.1 Å². The van der Waals surface area contributed by atoms with Crippen molar-refractivity contribution in [3.05, 3.63) is 65.9 Å². The van der Waals surface area contributed by atoms with Gasteiger partial charge in [-0.05, 0) is 30.3 Å². The Morgan fingerprint density at radius 2 is 1.53 bits per heavy atom. The molecule has 0 unspecified atom stereocenters. The quantitative estimate of drug-likeness (QED) is 0.426. The molecule has 0 amide bonds. The van der Waals surface area contributed by atoms with E-state index >= 15 is 0 Å². The first-order valence-corrected chi connectivity index (χ1v) is 11.4. The predicted molar refractivity (Wildman–Crippen MR) is 136 cm³/mol. The number of halogens is 1. The maximum Gasteiger partial charge on any atom is 0.229 e. The van der Waals surface area contributed by atoms with Crippen molar-refractivity contribution in [2.24, 2.45) is 0 Å².